The number of hydrogen-bond acceptors (Lipinski definition) is 5. The molecule has 0 fully saturated rings. The summed E-state index contributed by atoms with van der Waals surface area (Å²) in [6.07, 6.45) is 0. The molecule has 0 aliphatic heterocycles. The van der Waals surface area contributed by atoms with Gasteiger partial charge in [-0.05, 0) is 25.1 Å². The van der Waals surface area contributed by atoms with Crippen LogP contribution in [0.1, 0.15) is 16.1 Å². The highest BCUT2D eigenvalue weighted by molar-refractivity contribution is 6.33. The highest BCUT2D eigenvalue weighted by atomic mass is 35.5. The first-order valence-electron chi connectivity index (χ1n) is 8.15. The molecule has 144 valence electrons. The van der Waals surface area contributed by atoms with Crippen LogP contribution in [-0.4, -0.2) is 23.6 Å². The van der Waals surface area contributed by atoms with E-state index in [4.69, 9.17) is 20.9 Å². The number of rotatable bonds is 5. The van der Waals surface area contributed by atoms with E-state index in [0.717, 1.165) is 0 Å². The van der Waals surface area contributed by atoms with Crippen LogP contribution in [0, 0.1) is 12.7 Å². The Bertz CT molecular complexity index is 1020. The van der Waals surface area contributed by atoms with Crippen LogP contribution >= 0.6 is 11.6 Å². The zero-order valence-electron chi connectivity index (χ0n) is 14.7. The smallest absolute Gasteiger partial charge is 0.276 e. The van der Waals surface area contributed by atoms with Crippen molar-refractivity contribution in [3.63, 3.8) is 0 Å². The number of carbonyl (C=O) groups is 2. The van der Waals surface area contributed by atoms with Crippen LogP contribution in [0.5, 0.6) is 5.75 Å². The minimum Gasteiger partial charge on any atom is -0.481 e. The van der Waals surface area contributed by atoms with Crippen LogP contribution < -0.4 is 15.6 Å². The molecule has 0 bridgehead atoms. The van der Waals surface area contributed by atoms with Crippen molar-refractivity contribution in [1.82, 2.24) is 16.0 Å². The topological polar surface area (TPSA) is 93.5 Å². The SMILES string of the molecule is Cc1onc(-c2ccccc2Cl)c1C(=O)NNC(=O)COc1ccccc1F. The summed E-state index contributed by atoms with van der Waals surface area (Å²) in [4.78, 5) is 24.4. The summed E-state index contributed by atoms with van der Waals surface area (Å²) in [5.41, 5.74) is 5.33. The van der Waals surface area contributed by atoms with Crippen molar-refractivity contribution in [3.05, 3.63) is 70.7 Å². The number of hydrazine groups is 1. The summed E-state index contributed by atoms with van der Waals surface area (Å²) in [7, 11) is 0. The molecule has 0 radical (unpaired) electrons. The highest BCUT2D eigenvalue weighted by Gasteiger charge is 2.23. The van der Waals surface area contributed by atoms with Crippen molar-refractivity contribution in [2.75, 3.05) is 6.61 Å². The third-order valence-corrected chi connectivity index (χ3v) is 4.06. The molecule has 2 amide bonds. The highest BCUT2D eigenvalue weighted by Crippen LogP contribution is 2.30. The second kappa shape index (κ2) is 8.53. The van der Waals surface area contributed by atoms with Gasteiger partial charge in [0.25, 0.3) is 11.8 Å². The normalized spacial score (nSPS) is 10.4. The molecular formula is C19H15ClFN3O4. The molecule has 9 heteroatoms. The molecule has 1 heterocycles. The summed E-state index contributed by atoms with van der Waals surface area (Å²) in [6.45, 7) is 1.08. The van der Waals surface area contributed by atoms with Crippen LogP contribution in [0.4, 0.5) is 4.39 Å². The predicted molar refractivity (Wildman–Crippen MR) is 99.2 cm³/mol. The molecule has 28 heavy (non-hydrogen) atoms. The molecular weight excluding hydrogens is 389 g/mol. The number of ether oxygens (including phenoxy) is 1. The lowest BCUT2D eigenvalue weighted by Crippen LogP contribution is -2.44. The predicted octanol–water partition coefficient (Wildman–Crippen LogP) is 3.28. The summed E-state index contributed by atoms with van der Waals surface area (Å²) in [6, 6.07) is 12.5. The average Bonchev–Trinajstić information content (AvgIpc) is 3.07. The maximum absolute atomic E-state index is 13.5. The van der Waals surface area contributed by atoms with E-state index < -0.39 is 24.2 Å². The summed E-state index contributed by atoms with van der Waals surface area (Å²) < 4.78 is 23.6. The van der Waals surface area contributed by atoms with Gasteiger partial charge < -0.3 is 9.26 Å². The summed E-state index contributed by atoms with van der Waals surface area (Å²) in [5.74, 6) is -1.73. The average molecular weight is 404 g/mol. The van der Waals surface area contributed by atoms with Crippen molar-refractivity contribution in [2.24, 2.45) is 0 Å². The molecule has 0 saturated carbocycles. The second-order valence-electron chi connectivity index (χ2n) is 5.66. The Kier molecular flexibility index (Phi) is 5.90. The minimum absolute atomic E-state index is 0.0696. The van der Waals surface area contributed by atoms with Crippen molar-refractivity contribution >= 4 is 23.4 Å². The number of aryl methyl sites for hydroxylation is 1. The van der Waals surface area contributed by atoms with E-state index in [0.29, 0.717) is 10.6 Å². The van der Waals surface area contributed by atoms with Crippen molar-refractivity contribution in [3.8, 4) is 17.0 Å². The molecule has 2 aromatic carbocycles. The Morgan fingerprint density at radius 1 is 1.14 bits per heavy atom. The molecule has 0 saturated heterocycles. The van der Waals surface area contributed by atoms with Gasteiger partial charge >= 0.3 is 0 Å². The third-order valence-electron chi connectivity index (χ3n) is 3.73. The fourth-order valence-corrected chi connectivity index (χ4v) is 2.63. The van der Waals surface area contributed by atoms with E-state index in [2.05, 4.69) is 16.0 Å². The number of nitrogens with zero attached hydrogens (tertiary/aromatic N) is 1. The molecule has 0 aliphatic carbocycles. The Labute approximate surface area is 164 Å². The maximum Gasteiger partial charge on any atom is 0.276 e. The quantitative estimate of drug-likeness (QED) is 0.638. The van der Waals surface area contributed by atoms with Gasteiger partial charge in [0.15, 0.2) is 18.2 Å². The standard InChI is InChI=1S/C19H15ClFN3O4/c1-11-17(18(24-28-11)12-6-2-3-7-13(12)20)19(26)23-22-16(25)10-27-15-9-5-4-8-14(15)21/h2-9H,10H2,1H3,(H,22,25)(H,23,26). The Balaban J connectivity index is 1.64. The Morgan fingerprint density at radius 3 is 2.61 bits per heavy atom. The number of halogens is 2. The van der Waals surface area contributed by atoms with Crippen molar-refractivity contribution in [1.29, 1.82) is 0 Å². The lowest BCUT2D eigenvalue weighted by molar-refractivity contribution is -0.123. The number of benzene rings is 2. The van der Waals surface area contributed by atoms with Gasteiger partial charge in [0, 0.05) is 5.56 Å². The molecule has 7 nitrogen and oxygen atoms in total. The number of aromatic nitrogens is 1. The van der Waals surface area contributed by atoms with Crippen LogP contribution in [0.2, 0.25) is 5.02 Å². The van der Waals surface area contributed by atoms with E-state index in [9.17, 15) is 14.0 Å². The molecule has 1 aromatic heterocycles. The van der Waals surface area contributed by atoms with Crippen LogP contribution in [-0.2, 0) is 4.79 Å². The van der Waals surface area contributed by atoms with Crippen molar-refractivity contribution in [2.45, 2.75) is 6.92 Å². The van der Waals surface area contributed by atoms with Crippen LogP contribution in [0.15, 0.2) is 53.1 Å². The van der Waals surface area contributed by atoms with E-state index in [1.165, 1.54) is 18.2 Å². The summed E-state index contributed by atoms with van der Waals surface area (Å²) >= 11 is 6.15. The van der Waals surface area contributed by atoms with Gasteiger partial charge in [-0.25, -0.2) is 4.39 Å². The van der Waals surface area contributed by atoms with Gasteiger partial charge in [-0.2, -0.15) is 0 Å². The summed E-state index contributed by atoms with van der Waals surface area (Å²) in [5, 5.41) is 4.28. The lowest BCUT2D eigenvalue weighted by Gasteiger charge is -2.09. The van der Waals surface area contributed by atoms with Crippen molar-refractivity contribution < 1.29 is 23.2 Å². The fraction of sp³-hybridized carbons (Fsp3) is 0.105. The van der Waals surface area contributed by atoms with Gasteiger partial charge in [-0.15, -0.1) is 0 Å². The minimum atomic E-state index is -0.676. The lowest BCUT2D eigenvalue weighted by atomic mass is 10.1. The van der Waals surface area contributed by atoms with Gasteiger partial charge in [0.05, 0.1) is 5.02 Å². The van der Waals surface area contributed by atoms with Gasteiger partial charge in [0.2, 0.25) is 0 Å². The zero-order chi connectivity index (χ0) is 20.1. The largest absolute Gasteiger partial charge is 0.481 e. The molecule has 3 aromatic rings. The van der Waals surface area contributed by atoms with Gasteiger partial charge in [-0.3, -0.25) is 20.4 Å². The van der Waals surface area contributed by atoms with E-state index in [1.807, 2.05) is 0 Å². The first-order chi connectivity index (χ1) is 13.5. The van der Waals surface area contributed by atoms with Crippen LogP contribution in [0.3, 0.4) is 0 Å². The fourth-order valence-electron chi connectivity index (χ4n) is 2.41. The Morgan fingerprint density at radius 2 is 1.86 bits per heavy atom. The van der Waals surface area contributed by atoms with Gasteiger partial charge in [-0.1, -0.05) is 47.1 Å². The molecule has 0 atom stereocenters. The first kappa shape index (κ1) is 19.4. The monoisotopic (exact) mass is 403 g/mol. The number of nitrogens with one attached hydrogen (secondary N) is 2. The van der Waals surface area contributed by atoms with E-state index in [-0.39, 0.29) is 22.8 Å². The molecule has 3 rings (SSSR count). The number of carbonyl (C=O) groups excluding carboxylic acids is 2. The molecule has 2 N–H and O–H groups in total. The molecule has 0 unspecified atom stereocenters. The maximum atomic E-state index is 13.5. The molecule has 0 aliphatic rings. The van der Waals surface area contributed by atoms with E-state index >= 15 is 0 Å². The molecule has 0 spiro atoms. The number of hydrogen-bond donors (Lipinski definition) is 2. The second-order valence-corrected chi connectivity index (χ2v) is 6.07. The van der Waals surface area contributed by atoms with Gasteiger partial charge in [0.1, 0.15) is 17.0 Å². The first-order valence-corrected chi connectivity index (χ1v) is 8.53. The van der Waals surface area contributed by atoms with Crippen LogP contribution in [0.25, 0.3) is 11.3 Å². The van der Waals surface area contributed by atoms with E-state index in [1.54, 1.807) is 37.3 Å². The third kappa shape index (κ3) is 4.29. The number of para-hydroxylation sites is 1. The Hall–Kier alpha value is -3.39. The number of amides is 2. The zero-order valence-corrected chi connectivity index (χ0v) is 15.4.